The second-order valence-corrected chi connectivity index (χ2v) is 5.15. The van der Waals surface area contributed by atoms with E-state index in [1.807, 2.05) is 0 Å². The van der Waals surface area contributed by atoms with Gasteiger partial charge >= 0.3 is 0 Å². The Morgan fingerprint density at radius 1 is 1.11 bits per heavy atom. The minimum atomic E-state index is -0.405. The molecular weight excluding hydrogens is 306 g/mol. The Balaban J connectivity index is 2.40. The summed E-state index contributed by atoms with van der Waals surface area (Å²) in [6, 6.07) is 9.15. The topological polar surface area (TPSA) is 38.0 Å². The molecular formula is C13H9Cl2FN2S. The first-order valence-electron chi connectivity index (χ1n) is 5.28. The smallest absolute Gasteiger partial charge is 0.124 e. The van der Waals surface area contributed by atoms with E-state index < -0.39 is 5.82 Å². The number of rotatable bonds is 3. The molecule has 0 radical (unpaired) electrons. The van der Waals surface area contributed by atoms with Gasteiger partial charge in [-0.15, -0.1) is 0 Å². The zero-order valence-corrected chi connectivity index (χ0v) is 11.9. The van der Waals surface area contributed by atoms with Crippen LogP contribution in [0.1, 0.15) is 5.56 Å². The molecule has 3 N–H and O–H groups in total. The van der Waals surface area contributed by atoms with Gasteiger partial charge in [0, 0.05) is 27.0 Å². The van der Waals surface area contributed by atoms with Crippen molar-refractivity contribution in [2.75, 3.05) is 5.32 Å². The fraction of sp³-hybridized carbons (Fsp3) is 0. The van der Waals surface area contributed by atoms with E-state index in [1.54, 1.807) is 24.3 Å². The fourth-order valence-electron chi connectivity index (χ4n) is 1.61. The number of benzene rings is 2. The Morgan fingerprint density at radius 3 is 2.32 bits per heavy atom. The van der Waals surface area contributed by atoms with Gasteiger partial charge in [0.25, 0.3) is 0 Å². The highest BCUT2D eigenvalue weighted by Crippen LogP contribution is 2.27. The molecule has 0 aliphatic rings. The first-order valence-corrected chi connectivity index (χ1v) is 6.44. The van der Waals surface area contributed by atoms with Gasteiger partial charge in [-0.1, -0.05) is 35.4 Å². The first-order chi connectivity index (χ1) is 8.95. The lowest BCUT2D eigenvalue weighted by atomic mass is 10.1. The number of hydrogen-bond donors (Lipinski definition) is 2. The van der Waals surface area contributed by atoms with Crippen LogP contribution < -0.4 is 11.1 Å². The third-order valence-electron chi connectivity index (χ3n) is 2.39. The lowest BCUT2D eigenvalue weighted by molar-refractivity contribution is 0.628. The average Bonchev–Trinajstić information content (AvgIpc) is 2.30. The number of nitrogens with one attached hydrogen (secondary N) is 1. The Hall–Kier alpha value is -1.36. The van der Waals surface area contributed by atoms with Crippen LogP contribution >= 0.6 is 35.4 Å². The van der Waals surface area contributed by atoms with Gasteiger partial charge in [-0.25, -0.2) is 4.39 Å². The summed E-state index contributed by atoms with van der Waals surface area (Å²) in [7, 11) is 0. The maximum Gasteiger partial charge on any atom is 0.124 e. The molecule has 0 unspecified atom stereocenters. The van der Waals surface area contributed by atoms with Crippen molar-refractivity contribution in [1.29, 1.82) is 0 Å². The summed E-state index contributed by atoms with van der Waals surface area (Å²) in [6.07, 6.45) is 0. The van der Waals surface area contributed by atoms with E-state index in [4.69, 9.17) is 41.2 Å². The van der Waals surface area contributed by atoms with Crippen LogP contribution in [0.2, 0.25) is 10.0 Å². The van der Waals surface area contributed by atoms with E-state index in [9.17, 15) is 4.39 Å². The van der Waals surface area contributed by atoms with Gasteiger partial charge in [-0.3, -0.25) is 0 Å². The Bertz CT molecular complexity index is 626. The van der Waals surface area contributed by atoms with E-state index in [-0.39, 0.29) is 4.99 Å². The fourth-order valence-corrected chi connectivity index (χ4v) is 2.31. The minimum Gasteiger partial charge on any atom is -0.389 e. The molecule has 0 aliphatic carbocycles. The summed E-state index contributed by atoms with van der Waals surface area (Å²) >= 11 is 16.7. The standard InChI is InChI=1S/C13H9Cl2FN2S/c14-7-3-8(15)5-10(4-7)18-12-2-1-9(16)6-11(12)13(17)19/h1-6,18H,(H2,17,19). The van der Waals surface area contributed by atoms with Crippen LogP contribution in [0.4, 0.5) is 15.8 Å². The summed E-state index contributed by atoms with van der Waals surface area (Å²) in [5.41, 5.74) is 7.25. The highest BCUT2D eigenvalue weighted by molar-refractivity contribution is 7.80. The molecule has 0 saturated heterocycles. The molecule has 0 aliphatic heterocycles. The van der Waals surface area contributed by atoms with Gasteiger partial charge in [-0.2, -0.15) is 0 Å². The van der Waals surface area contributed by atoms with E-state index >= 15 is 0 Å². The second-order valence-electron chi connectivity index (χ2n) is 3.84. The Morgan fingerprint density at radius 2 is 1.74 bits per heavy atom. The zero-order valence-electron chi connectivity index (χ0n) is 9.58. The molecule has 2 aromatic rings. The molecule has 2 nitrogen and oxygen atoms in total. The van der Waals surface area contributed by atoms with Crippen molar-refractivity contribution in [3.05, 3.63) is 57.8 Å². The number of halogens is 3. The molecule has 0 fully saturated rings. The van der Waals surface area contributed by atoms with Crippen LogP contribution in [0, 0.1) is 5.82 Å². The third-order valence-corrected chi connectivity index (χ3v) is 3.04. The summed E-state index contributed by atoms with van der Waals surface area (Å²) in [4.78, 5) is 0.107. The van der Waals surface area contributed by atoms with Crippen molar-refractivity contribution < 1.29 is 4.39 Å². The number of anilines is 2. The Labute approximate surface area is 125 Å². The van der Waals surface area contributed by atoms with Crippen molar-refractivity contribution in [3.63, 3.8) is 0 Å². The average molecular weight is 315 g/mol. The van der Waals surface area contributed by atoms with Crippen molar-refractivity contribution in [2.24, 2.45) is 5.73 Å². The highest BCUT2D eigenvalue weighted by atomic mass is 35.5. The molecule has 19 heavy (non-hydrogen) atoms. The van der Waals surface area contributed by atoms with Crippen LogP contribution in [0.5, 0.6) is 0 Å². The number of hydrogen-bond acceptors (Lipinski definition) is 2. The van der Waals surface area contributed by atoms with Crippen molar-refractivity contribution in [1.82, 2.24) is 0 Å². The van der Waals surface area contributed by atoms with E-state index in [0.717, 1.165) is 0 Å². The molecule has 0 amide bonds. The molecule has 0 aromatic heterocycles. The largest absolute Gasteiger partial charge is 0.389 e. The summed E-state index contributed by atoms with van der Waals surface area (Å²) < 4.78 is 13.2. The molecule has 0 heterocycles. The molecule has 0 saturated carbocycles. The van der Waals surface area contributed by atoms with Gasteiger partial charge in [0.1, 0.15) is 10.8 Å². The third kappa shape index (κ3) is 3.56. The van der Waals surface area contributed by atoms with Gasteiger partial charge in [0.2, 0.25) is 0 Å². The molecule has 2 rings (SSSR count). The van der Waals surface area contributed by atoms with Crippen LogP contribution in [-0.4, -0.2) is 4.99 Å². The second kappa shape index (κ2) is 5.74. The van der Waals surface area contributed by atoms with Crippen LogP contribution in [-0.2, 0) is 0 Å². The van der Waals surface area contributed by atoms with E-state index in [1.165, 1.54) is 12.1 Å². The predicted octanol–water partition coefficient (Wildman–Crippen LogP) is 4.51. The Kier molecular flexibility index (Phi) is 4.24. The monoisotopic (exact) mass is 314 g/mol. The lowest BCUT2D eigenvalue weighted by Gasteiger charge is -2.12. The predicted molar refractivity (Wildman–Crippen MR) is 82.0 cm³/mol. The van der Waals surface area contributed by atoms with Crippen molar-refractivity contribution in [3.8, 4) is 0 Å². The molecule has 0 atom stereocenters. The maximum atomic E-state index is 13.2. The van der Waals surface area contributed by atoms with Crippen LogP contribution in [0.25, 0.3) is 0 Å². The quantitative estimate of drug-likeness (QED) is 0.819. The molecule has 6 heteroatoms. The van der Waals surface area contributed by atoms with E-state index in [2.05, 4.69) is 5.32 Å². The maximum absolute atomic E-state index is 13.2. The summed E-state index contributed by atoms with van der Waals surface area (Å²) in [6.45, 7) is 0. The molecule has 98 valence electrons. The van der Waals surface area contributed by atoms with E-state index in [0.29, 0.717) is 27.0 Å². The first kappa shape index (κ1) is 14.1. The number of thiocarbonyl (C=S) groups is 1. The van der Waals surface area contributed by atoms with Gasteiger partial charge < -0.3 is 11.1 Å². The summed E-state index contributed by atoms with van der Waals surface area (Å²) in [5, 5.41) is 4.05. The van der Waals surface area contributed by atoms with Crippen LogP contribution in [0.3, 0.4) is 0 Å². The summed E-state index contributed by atoms with van der Waals surface area (Å²) in [5.74, 6) is -0.405. The molecule has 0 bridgehead atoms. The zero-order chi connectivity index (χ0) is 14.0. The van der Waals surface area contributed by atoms with Gasteiger partial charge in [-0.05, 0) is 36.4 Å². The minimum absolute atomic E-state index is 0.107. The van der Waals surface area contributed by atoms with Crippen molar-refractivity contribution >= 4 is 51.8 Å². The van der Waals surface area contributed by atoms with Gasteiger partial charge in [0.05, 0.1) is 0 Å². The molecule has 2 aromatic carbocycles. The van der Waals surface area contributed by atoms with Gasteiger partial charge in [0.15, 0.2) is 0 Å². The number of nitrogens with two attached hydrogens (primary N) is 1. The highest BCUT2D eigenvalue weighted by Gasteiger charge is 2.08. The van der Waals surface area contributed by atoms with Crippen LogP contribution in [0.15, 0.2) is 36.4 Å². The SMILES string of the molecule is NC(=S)c1cc(F)ccc1Nc1cc(Cl)cc(Cl)c1. The van der Waals surface area contributed by atoms with Crippen molar-refractivity contribution in [2.45, 2.75) is 0 Å². The normalized spacial score (nSPS) is 10.3. The molecule has 0 spiro atoms. The lowest BCUT2D eigenvalue weighted by Crippen LogP contribution is -2.12.